The van der Waals surface area contributed by atoms with Gasteiger partial charge in [-0.1, -0.05) is 0 Å². The van der Waals surface area contributed by atoms with E-state index in [2.05, 4.69) is 4.99 Å². The van der Waals surface area contributed by atoms with Gasteiger partial charge in [-0.05, 0) is 24.3 Å². The largest absolute Gasteiger partial charge is 0.481 e. The summed E-state index contributed by atoms with van der Waals surface area (Å²) in [6, 6.07) is 4.59. The maximum absolute atomic E-state index is 12.5. The molecular formula is C10H8FNO3. The van der Waals surface area contributed by atoms with Gasteiger partial charge < -0.3 is 9.47 Å². The number of hydrogen-bond acceptors (Lipinski definition) is 4. The summed E-state index contributed by atoms with van der Waals surface area (Å²) < 4.78 is 22.3. The molecule has 0 spiro atoms. The van der Waals surface area contributed by atoms with E-state index < -0.39 is 12.0 Å². The number of benzene rings is 1. The first-order valence-corrected chi connectivity index (χ1v) is 4.36. The van der Waals surface area contributed by atoms with Crippen molar-refractivity contribution in [2.24, 2.45) is 4.99 Å². The highest BCUT2D eigenvalue weighted by Crippen LogP contribution is 2.13. The van der Waals surface area contributed by atoms with E-state index in [1.54, 1.807) is 0 Å². The van der Waals surface area contributed by atoms with E-state index in [0.29, 0.717) is 5.75 Å². The fourth-order valence-corrected chi connectivity index (χ4v) is 1.11. The van der Waals surface area contributed by atoms with Crippen molar-refractivity contribution in [1.29, 1.82) is 0 Å². The number of rotatable bonds is 2. The number of halogens is 1. The Kier molecular flexibility index (Phi) is 2.62. The lowest BCUT2D eigenvalue weighted by Gasteiger charge is -2.06. The monoisotopic (exact) mass is 209 g/mol. The summed E-state index contributed by atoms with van der Waals surface area (Å²) in [5.74, 6) is -0.587. The fourth-order valence-electron chi connectivity index (χ4n) is 1.11. The SMILES string of the molecule is O=C(Oc1ccc(F)cc1)C1COC=N1. The Morgan fingerprint density at radius 1 is 1.47 bits per heavy atom. The quantitative estimate of drug-likeness (QED) is 0.542. The highest BCUT2D eigenvalue weighted by atomic mass is 19.1. The lowest BCUT2D eigenvalue weighted by atomic mass is 10.3. The molecule has 78 valence electrons. The Morgan fingerprint density at radius 2 is 2.20 bits per heavy atom. The van der Waals surface area contributed by atoms with Gasteiger partial charge in [0.05, 0.1) is 0 Å². The molecule has 2 rings (SSSR count). The molecule has 1 unspecified atom stereocenters. The fraction of sp³-hybridized carbons (Fsp3) is 0.200. The molecule has 1 aromatic carbocycles. The maximum Gasteiger partial charge on any atom is 0.339 e. The van der Waals surface area contributed by atoms with Gasteiger partial charge >= 0.3 is 5.97 Å². The van der Waals surface area contributed by atoms with Gasteiger partial charge in [-0.2, -0.15) is 0 Å². The van der Waals surface area contributed by atoms with Gasteiger partial charge in [-0.15, -0.1) is 0 Å². The van der Waals surface area contributed by atoms with Crippen LogP contribution in [0, 0.1) is 5.82 Å². The number of carbonyl (C=O) groups is 1. The van der Waals surface area contributed by atoms with Crippen LogP contribution in [0.1, 0.15) is 0 Å². The number of esters is 1. The smallest absolute Gasteiger partial charge is 0.339 e. The molecule has 0 aliphatic carbocycles. The van der Waals surface area contributed by atoms with Crippen LogP contribution in [-0.2, 0) is 9.53 Å². The molecule has 0 aromatic heterocycles. The highest BCUT2D eigenvalue weighted by Gasteiger charge is 2.23. The summed E-state index contributed by atoms with van der Waals surface area (Å²) in [5.41, 5.74) is 0. The summed E-state index contributed by atoms with van der Waals surface area (Å²) in [6.07, 6.45) is 1.22. The van der Waals surface area contributed by atoms with Gasteiger partial charge in [0.15, 0.2) is 12.4 Å². The molecule has 1 aliphatic heterocycles. The zero-order valence-electron chi connectivity index (χ0n) is 7.72. The van der Waals surface area contributed by atoms with Crippen molar-refractivity contribution in [3.63, 3.8) is 0 Å². The van der Waals surface area contributed by atoms with Gasteiger partial charge in [-0.3, -0.25) is 0 Å². The number of ether oxygens (including phenoxy) is 2. The molecule has 1 aromatic rings. The predicted molar refractivity (Wildman–Crippen MR) is 50.3 cm³/mol. The molecule has 0 amide bonds. The Labute approximate surface area is 85.3 Å². The molecule has 1 aliphatic rings. The summed E-state index contributed by atoms with van der Waals surface area (Å²) in [5, 5.41) is 0. The zero-order chi connectivity index (χ0) is 10.7. The first-order valence-electron chi connectivity index (χ1n) is 4.36. The van der Waals surface area contributed by atoms with Crippen LogP contribution in [0.25, 0.3) is 0 Å². The lowest BCUT2D eigenvalue weighted by Crippen LogP contribution is -2.25. The predicted octanol–water partition coefficient (Wildman–Crippen LogP) is 1.16. The second-order valence-corrected chi connectivity index (χ2v) is 2.98. The first kappa shape index (κ1) is 9.64. The van der Waals surface area contributed by atoms with Crippen molar-refractivity contribution in [2.75, 3.05) is 6.61 Å². The summed E-state index contributed by atoms with van der Waals surface area (Å²) >= 11 is 0. The van der Waals surface area contributed by atoms with Crippen LogP contribution in [0.4, 0.5) is 4.39 Å². The molecule has 0 radical (unpaired) electrons. The number of aliphatic imine (C=N–C) groups is 1. The van der Waals surface area contributed by atoms with E-state index in [1.165, 1.54) is 30.7 Å². The molecule has 1 atom stereocenters. The third-order valence-corrected chi connectivity index (χ3v) is 1.87. The Hall–Kier alpha value is -1.91. The van der Waals surface area contributed by atoms with Gasteiger partial charge in [0.2, 0.25) is 0 Å². The molecular weight excluding hydrogens is 201 g/mol. The second kappa shape index (κ2) is 4.08. The third-order valence-electron chi connectivity index (χ3n) is 1.87. The average Bonchev–Trinajstić information content (AvgIpc) is 2.74. The molecule has 0 saturated carbocycles. The number of nitrogens with zero attached hydrogens (tertiary/aromatic N) is 1. The summed E-state index contributed by atoms with van der Waals surface area (Å²) in [4.78, 5) is 15.1. The van der Waals surface area contributed by atoms with Crippen molar-refractivity contribution in [1.82, 2.24) is 0 Å². The van der Waals surface area contributed by atoms with Gasteiger partial charge in [0.1, 0.15) is 18.2 Å². The van der Waals surface area contributed by atoms with Crippen molar-refractivity contribution in [3.05, 3.63) is 30.1 Å². The van der Waals surface area contributed by atoms with Crippen LogP contribution in [0.15, 0.2) is 29.3 Å². The van der Waals surface area contributed by atoms with Crippen LogP contribution in [-0.4, -0.2) is 25.0 Å². The highest BCUT2D eigenvalue weighted by molar-refractivity contribution is 5.80. The lowest BCUT2D eigenvalue weighted by molar-refractivity contribution is -0.136. The molecule has 1 heterocycles. The van der Waals surface area contributed by atoms with Gasteiger partial charge in [-0.25, -0.2) is 14.2 Å². The number of carbonyl (C=O) groups excluding carboxylic acids is 1. The van der Waals surface area contributed by atoms with E-state index in [0.717, 1.165) is 0 Å². The van der Waals surface area contributed by atoms with Crippen molar-refractivity contribution >= 4 is 12.4 Å². The molecule has 0 saturated heterocycles. The average molecular weight is 209 g/mol. The van der Waals surface area contributed by atoms with Crippen molar-refractivity contribution in [3.8, 4) is 5.75 Å². The summed E-state index contributed by atoms with van der Waals surface area (Å²) in [6.45, 7) is 0.194. The standard InChI is InChI=1S/C10H8FNO3/c11-7-1-3-8(4-2-7)15-10(13)9-5-14-6-12-9/h1-4,6,9H,5H2. The Morgan fingerprint density at radius 3 is 2.80 bits per heavy atom. The number of hydrogen-bond donors (Lipinski definition) is 0. The molecule has 0 fully saturated rings. The Bertz CT molecular complexity index is 388. The van der Waals surface area contributed by atoms with Crippen molar-refractivity contribution in [2.45, 2.75) is 6.04 Å². The second-order valence-electron chi connectivity index (χ2n) is 2.98. The minimum absolute atomic E-state index is 0.194. The normalized spacial score (nSPS) is 18.6. The topological polar surface area (TPSA) is 47.9 Å². The summed E-state index contributed by atoms with van der Waals surface area (Å²) in [7, 11) is 0. The zero-order valence-corrected chi connectivity index (χ0v) is 7.72. The molecule has 5 heteroatoms. The van der Waals surface area contributed by atoms with Crippen LogP contribution in [0.2, 0.25) is 0 Å². The van der Waals surface area contributed by atoms with E-state index in [9.17, 15) is 9.18 Å². The van der Waals surface area contributed by atoms with E-state index in [-0.39, 0.29) is 12.4 Å². The third kappa shape index (κ3) is 2.31. The van der Waals surface area contributed by atoms with E-state index in [1.807, 2.05) is 0 Å². The van der Waals surface area contributed by atoms with Gasteiger partial charge in [0.25, 0.3) is 0 Å². The molecule has 0 N–H and O–H groups in total. The maximum atomic E-state index is 12.5. The van der Waals surface area contributed by atoms with Crippen LogP contribution < -0.4 is 4.74 Å². The van der Waals surface area contributed by atoms with Crippen LogP contribution >= 0.6 is 0 Å². The minimum Gasteiger partial charge on any atom is -0.481 e. The molecule has 4 nitrogen and oxygen atoms in total. The Balaban J connectivity index is 1.99. The van der Waals surface area contributed by atoms with Gasteiger partial charge in [0, 0.05) is 0 Å². The van der Waals surface area contributed by atoms with Crippen LogP contribution in [0.5, 0.6) is 5.75 Å². The van der Waals surface area contributed by atoms with E-state index in [4.69, 9.17) is 9.47 Å². The molecule has 15 heavy (non-hydrogen) atoms. The van der Waals surface area contributed by atoms with E-state index >= 15 is 0 Å². The molecule has 0 bridgehead atoms. The first-order chi connectivity index (χ1) is 7.25. The van der Waals surface area contributed by atoms with Crippen LogP contribution in [0.3, 0.4) is 0 Å². The van der Waals surface area contributed by atoms with Crippen molar-refractivity contribution < 1.29 is 18.7 Å². The minimum atomic E-state index is -0.616.